The van der Waals surface area contributed by atoms with E-state index in [2.05, 4.69) is 33.5 Å². The van der Waals surface area contributed by atoms with E-state index in [1.807, 2.05) is 25.1 Å². The molecule has 2 fully saturated rings. The highest BCUT2D eigenvalue weighted by Crippen LogP contribution is 2.36. The van der Waals surface area contributed by atoms with E-state index in [1.165, 1.54) is 15.3 Å². The van der Waals surface area contributed by atoms with E-state index in [1.54, 1.807) is 11.3 Å². The van der Waals surface area contributed by atoms with Crippen LogP contribution in [0.15, 0.2) is 36.4 Å². The Morgan fingerprint density at radius 3 is 2.40 bits per heavy atom. The molecule has 1 N–H and O–H groups in total. The third kappa shape index (κ3) is 3.58. The van der Waals surface area contributed by atoms with E-state index in [-0.39, 0.29) is 23.9 Å². The zero-order valence-electron chi connectivity index (χ0n) is 16.9. The van der Waals surface area contributed by atoms with Crippen LogP contribution >= 0.6 is 11.3 Å². The summed E-state index contributed by atoms with van der Waals surface area (Å²) in [5, 5.41) is 4.68. The van der Waals surface area contributed by atoms with Crippen LogP contribution in [0.4, 0.5) is 5.82 Å². The highest BCUT2D eigenvalue weighted by Gasteiger charge is 2.37. The molecule has 1 aromatic carbocycles. The molecule has 1 saturated heterocycles. The topological polar surface area (TPSA) is 75.2 Å². The van der Waals surface area contributed by atoms with E-state index < -0.39 is 0 Å². The fourth-order valence-corrected chi connectivity index (χ4v) is 5.64. The van der Waals surface area contributed by atoms with Gasteiger partial charge in [-0.25, -0.2) is 9.97 Å². The number of hydrogen-bond donors (Lipinski definition) is 1. The Morgan fingerprint density at radius 1 is 1.00 bits per heavy atom. The molecule has 2 aliphatic rings. The minimum atomic E-state index is -0.00347. The van der Waals surface area contributed by atoms with Crippen LogP contribution in [0, 0.1) is 6.92 Å². The van der Waals surface area contributed by atoms with Crippen molar-refractivity contribution < 1.29 is 9.59 Å². The molecule has 5 rings (SSSR count). The summed E-state index contributed by atoms with van der Waals surface area (Å²) in [6, 6.07) is 12.8. The van der Waals surface area contributed by atoms with Crippen molar-refractivity contribution in [1.82, 2.24) is 14.9 Å². The van der Waals surface area contributed by atoms with Crippen molar-refractivity contribution in [2.24, 2.45) is 0 Å². The molecule has 1 aliphatic heterocycles. The smallest absolute Gasteiger partial charge is 0.229 e. The first kappa shape index (κ1) is 19.2. The van der Waals surface area contributed by atoms with Gasteiger partial charge in [-0.15, -0.1) is 11.3 Å². The Morgan fingerprint density at radius 2 is 1.70 bits per heavy atom. The number of imide groups is 1. The van der Waals surface area contributed by atoms with E-state index in [4.69, 9.17) is 0 Å². The largest absolute Gasteiger partial charge is 0.367 e. The van der Waals surface area contributed by atoms with Crippen molar-refractivity contribution in [3.05, 3.63) is 42.2 Å². The molecule has 3 heterocycles. The van der Waals surface area contributed by atoms with Crippen molar-refractivity contribution in [3.8, 4) is 10.4 Å². The highest BCUT2D eigenvalue weighted by molar-refractivity contribution is 7.21. The Balaban J connectivity index is 1.34. The molecule has 0 bridgehead atoms. The lowest BCUT2D eigenvalue weighted by molar-refractivity contribution is -0.141. The monoisotopic (exact) mass is 420 g/mol. The maximum Gasteiger partial charge on any atom is 0.229 e. The van der Waals surface area contributed by atoms with Gasteiger partial charge in [0.05, 0.1) is 5.39 Å². The lowest BCUT2D eigenvalue weighted by Crippen LogP contribution is -2.43. The quantitative estimate of drug-likeness (QED) is 0.627. The fourth-order valence-electron chi connectivity index (χ4n) is 4.56. The first-order chi connectivity index (χ1) is 14.6. The van der Waals surface area contributed by atoms with Gasteiger partial charge < -0.3 is 5.32 Å². The number of rotatable bonds is 4. The molecule has 30 heavy (non-hydrogen) atoms. The van der Waals surface area contributed by atoms with Crippen LogP contribution in [-0.2, 0) is 9.59 Å². The Labute approximate surface area is 179 Å². The predicted molar refractivity (Wildman–Crippen MR) is 118 cm³/mol. The van der Waals surface area contributed by atoms with E-state index in [9.17, 15) is 9.59 Å². The normalized spacial score (nSPS) is 22.1. The summed E-state index contributed by atoms with van der Waals surface area (Å²) < 4.78 is 0. The number of carbonyl (C=O) groups excluding carboxylic acids is 2. The molecule has 0 atom stereocenters. The molecule has 2 aromatic heterocycles. The second-order valence-electron chi connectivity index (χ2n) is 8.12. The second-order valence-corrected chi connectivity index (χ2v) is 9.15. The number of benzene rings is 1. The van der Waals surface area contributed by atoms with Crippen molar-refractivity contribution in [1.29, 1.82) is 0 Å². The molecular formula is C23H24N4O2S. The van der Waals surface area contributed by atoms with Gasteiger partial charge in [-0.1, -0.05) is 30.3 Å². The summed E-state index contributed by atoms with van der Waals surface area (Å²) in [5.74, 6) is 1.63. The van der Waals surface area contributed by atoms with Crippen molar-refractivity contribution in [2.75, 3.05) is 5.32 Å². The standard InChI is InChI=1S/C23H24N4O2S/c1-14-24-22(18-13-19(30-23(18)25-14)15-5-3-2-4-6-15)26-16-7-9-17(10-8-16)27-20(28)11-12-21(27)29/h2-6,13,16-17H,7-12H2,1H3,(H,24,25,26). The first-order valence-corrected chi connectivity index (χ1v) is 11.3. The van der Waals surface area contributed by atoms with E-state index in [0.29, 0.717) is 12.8 Å². The van der Waals surface area contributed by atoms with Crippen LogP contribution in [-0.4, -0.2) is 38.8 Å². The SMILES string of the molecule is Cc1nc(NC2CCC(N3C(=O)CCC3=O)CC2)c2cc(-c3ccccc3)sc2n1. The van der Waals surface area contributed by atoms with Gasteiger partial charge in [0, 0.05) is 29.8 Å². The number of amides is 2. The lowest BCUT2D eigenvalue weighted by atomic mass is 9.90. The number of nitrogens with zero attached hydrogens (tertiary/aromatic N) is 3. The number of nitrogens with one attached hydrogen (secondary N) is 1. The second kappa shape index (κ2) is 7.80. The van der Waals surface area contributed by atoms with Crippen LogP contribution in [0.3, 0.4) is 0 Å². The van der Waals surface area contributed by atoms with Crippen LogP contribution in [0.1, 0.15) is 44.3 Å². The molecule has 0 spiro atoms. The van der Waals surface area contributed by atoms with Gasteiger partial charge in [0.2, 0.25) is 11.8 Å². The minimum Gasteiger partial charge on any atom is -0.367 e. The zero-order valence-corrected chi connectivity index (χ0v) is 17.7. The number of hydrogen-bond acceptors (Lipinski definition) is 6. The number of carbonyl (C=O) groups is 2. The number of thiophene rings is 1. The van der Waals surface area contributed by atoms with Crippen LogP contribution < -0.4 is 5.32 Å². The average molecular weight is 421 g/mol. The van der Waals surface area contributed by atoms with Gasteiger partial charge in [0.25, 0.3) is 0 Å². The van der Waals surface area contributed by atoms with Gasteiger partial charge in [-0.05, 0) is 44.2 Å². The maximum absolute atomic E-state index is 12.0. The molecule has 154 valence electrons. The lowest BCUT2D eigenvalue weighted by Gasteiger charge is -2.34. The highest BCUT2D eigenvalue weighted by atomic mass is 32.1. The van der Waals surface area contributed by atoms with E-state index >= 15 is 0 Å². The molecule has 1 aliphatic carbocycles. The first-order valence-electron chi connectivity index (χ1n) is 10.5. The molecule has 3 aromatic rings. The van der Waals surface area contributed by atoms with Crippen LogP contribution in [0.5, 0.6) is 0 Å². The van der Waals surface area contributed by atoms with Crippen LogP contribution in [0.2, 0.25) is 0 Å². The molecule has 2 amide bonds. The Kier molecular flexibility index (Phi) is 4.98. The van der Waals surface area contributed by atoms with E-state index in [0.717, 1.165) is 47.5 Å². The molecule has 6 nitrogen and oxygen atoms in total. The summed E-state index contributed by atoms with van der Waals surface area (Å²) in [4.78, 5) is 37.1. The Hall–Kier alpha value is -2.80. The van der Waals surface area contributed by atoms with Gasteiger partial charge in [-0.3, -0.25) is 14.5 Å². The molecule has 7 heteroatoms. The summed E-state index contributed by atoms with van der Waals surface area (Å²) >= 11 is 1.69. The molecular weight excluding hydrogens is 396 g/mol. The number of aryl methyl sites for hydroxylation is 1. The number of anilines is 1. The number of likely N-dealkylation sites (tertiary alicyclic amines) is 1. The Bertz CT molecular complexity index is 1090. The van der Waals surface area contributed by atoms with Crippen LogP contribution in [0.25, 0.3) is 20.7 Å². The predicted octanol–water partition coefficient (Wildman–Crippen LogP) is 4.54. The third-order valence-electron chi connectivity index (χ3n) is 6.06. The number of fused-ring (bicyclic) bond motifs is 1. The van der Waals surface area contributed by atoms with Gasteiger partial charge in [-0.2, -0.15) is 0 Å². The van der Waals surface area contributed by atoms with Crippen molar-refractivity contribution >= 4 is 39.2 Å². The van der Waals surface area contributed by atoms with Gasteiger partial charge in [0.15, 0.2) is 0 Å². The summed E-state index contributed by atoms with van der Waals surface area (Å²) in [5.41, 5.74) is 1.18. The van der Waals surface area contributed by atoms with Gasteiger partial charge >= 0.3 is 0 Å². The fraction of sp³-hybridized carbons (Fsp3) is 0.391. The molecule has 1 saturated carbocycles. The zero-order chi connectivity index (χ0) is 20.7. The molecule has 0 unspecified atom stereocenters. The summed E-state index contributed by atoms with van der Waals surface area (Å²) in [6.45, 7) is 1.92. The van der Waals surface area contributed by atoms with Crippen molar-refractivity contribution in [2.45, 2.75) is 57.5 Å². The minimum absolute atomic E-state index is 0.00347. The number of aromatic nitrogens is 2. The maximum atomic E-state index is 12.0. The van der Waals surface area contributed by atoms with Crippen molar-refractivity contribution in [3.63, 3.8) is 0 Å². The summed E-state index contributed by atoms with van der Waals surface area (Å²) in [7, 11) is 0. The van der Waals surface area contributed by atoms with Gasteiger partial charge in [0.1, 0.15) is 16.5 Å². The summed E-state index contributed by atoms with van der Waals surface area (Å²) in [6.07, 6.45) is 4.28. The average Bonchev–Trinajstić information content (AvgIpc) is 3.32. The third-order valence-corrected chi connectivity index (χ3v) is 7.13. The molecule has 0 radical (unpaired) electrons.